The number of halogens is 1. The van der Waals surface area contributed by atoms with E-state index in [0.717, 1.165) is 4.47 Å². The molecule has 0 radical (unpaired) electrons. The lowest BCUT2D eigenvalue weighted by Crippen LogP contribution is -1.97. The van der Waals surface area contributed by atoms with Crippen LogP contribution in [0.1, 0.15) is 25.5 Å². The molecule has 0 amide bonds. The molecular formula is C13H14BrN3O3. The third-order valence-corrected chi connectivity index (χ3v) is 3.23. The van der Waals surface area contributed by atoms with Crippen molar-refractivity contribution in [2.45, 2.75) is 19.8 Å². The van der Waals surface area contributed by atoms with Gasteiger partial charge in [0.2, 0.25) is 0 Å². The van der Waals surface area contributed by atoms with Gasteiger partial charge < -0.3 is 4.74 Å². The van der Waals surface area contributed by atoms with Crippen molar-refractivity contribution in [1.29, 1.82) is 0 Å². The maximum atomic E-state index is 11.3. The molecule has 0 aliphatic heterocycles. The third kappa shape index (κ3) is 2.82. The van der Waals surface area contributed by atoms with Crippen molar-refractivity contribution in [2.24, 2.45) is 7.05 Å². The van der Waals surface area contributed by atoms with Crippen LogP contribution in [0.2, 0.25) is 0 Å². The van der Waals surface area contributed by atoms with Crippen LogP contribution in [-0.4, -0.2) is 14.7 Å². The SMILES string of the molecule is CC(C)c1nn(C)c(Oc2cccc(Br)c2)c1[N+](=O)[O-]. The zero-order chi connectivity index (χ0) is 14.9. The highest BCUT2D eigenvalue weighted by Gasteiger charge is 2.30. The van der Waals surface area contributed by atoms with Crippen molar-refractivity contribution in [3.8, 4) is 11.6 Å². The monoisotopic (exact) mass is 339 g/mol. The molecule has 1 aromatic heterocycles. The Labute approximate surface area is 124 Å². The Bertz CT molecular complexity index is 652. The highest BCUT2D eigenvalue weighted by molar-refractivity contribution is 9.10. The molecule has 20 heavy (non-hydrogen) atoms. The molecule has 0 saturated carbocycles. The van der Waals surface area contributed by atoms with Crippen LogP contribution in [0.15, 0.2) is 28.7 Å². The second-order valence-corrected chi connectivity index (χ2v) is 5.55. The van der Waals surface area contributed by atoms with E-state index < -0.39 is 4.92 Å². The van der Waals surface area contributed by atoms with Gasteiger partial charge in [0.25, 0.3) is 5.88 Å². The van der Waals surface area contributed by atoms with E-state index in [4.69, 9.17) is 4.74 Å². The molecule has 0 bridgehead atoms. The molecule has 2 rings (SSSR count). The first-order valence-corrected chi connectivity index (χ1v) is 6.84. The van der Waals surface area contributed by atoms with E-state index >= 15 is 0 Å². The first-order chi connectivity index (χ1) is 9.40. The molecule has 0 spiro atoms. The highest BCUT2D eigenvalue weighted by Crippen LogP contribution is 2.37. The second-order valence-electron chi connectivity index (χ2n) is 4.63. The molecule has 0 saturated heterocycles. The van der Waals surface area contributed by atoms with Gasteiger partial charge in [-0.1, -0.05) is 35.8 Å². The quantitative estimate of drug-likeness (QED) is 0.623. The zero-order valence-corrected chi connectivity index (χ0v) is 12.9. The van der Waals surface area contributed by atoms with Crippen LogP contribution in [0.25, 0.3) is 0 Å². The predicted octanol–water partition coefficient (Wildman–Crippen LogP) is 4.01. The summed E-state index contributed by atoms with van der Waals surface area (Å²) in [4.78, 5) is 10.8. The number of benzene rings is 1. The van der Waals surface area contributed by atoms with E-state index in [1.165, 1.54) is 4.68 Å². The Morgan fingerprint density at radius 2 is 2.15 bits per heavy atom. The normalized spacial score (nSPS) is 10.8. The summed E-state index contributed by atoms with van der Waals surface area (Å²) in [5.41, 5.74) is 0.338. The molecule has 0 aliphatic rings. The number of hydrogen-bond acceptors (Lipinski definition) is 4. The van der Waals surface area contributed by atoms with Crippen LogP contribution in [0.3, 0.4) is 0 Å². The largest absolute Gasteiger partial charge is 0.434 e. The Morgan fingerprint density at radius 1 is 1.45 bits per heavy atom. The van der Waals surface area contributed by atoms with Gasteiger partial charge >= 0.3 is 5.69 Å². The fourth-order valence-corrected chi connectivity index (χ4v) is 2.21. The lowest BCUT2D eigenvalue weighted by atomic mass is 10.1. The van der Waals surface area contributed by atoms with Crippen LogP contribution in [0.4, 0.5) is 5.69 Å². The van der Waals surface area contributed by atoms with Gasteiger partial charge in [-0.25, -0.2) is 4.68 Å². The van der Waals surface area contributed by atoms with Crippen LogP contribution >= 0.6 is 15.9 Å². The number of aromatic nitrogens is 2. The molecule has 2 aromatic rings. The van der Waals surface area contributed by atoms with Crippen molar-refractivity contribution < 1.29 is 9.66 Å². The standard InChI is InChI=1S/C13H14BrN3O3/c1-8(2)11-12(17(18)19)13(16(3)15-11)20-10-6-4-5-9(14)7-10/h4-8H,1-3H3. The third-order valence-electron chi connectivity index (χ3n) is 2.74. The summed E-state index contributed by atoms with van der Waals surface area (Å²) >= 11 is 3.33. The van der Waals surface area contributed by atoms with Crippen molar-refractivity contribution in [1.82, 2.24) is 9.78 Å². The maximum Gasteiger partial charge on any atom is 0.354 e. The van der Waals surface area contributed by atoms with Gasteiger partial charge in [0.15, 0.2) is 0 Å². The summed E-state index contributed by atoms with van der Waals surface area (Å²) in [6.07, 6.45) is 0. The van der Waals surface area contributed by atoms with E-state index in [0.29, 0.717) is 11.4 Å². The molecule has 106 valence electrons. The molecule has 0 unspecified atom stereocenters. The molecule has 0 atom stereocenters. The van der Waals surface area contributed by atoms with Gasteiger partial charge in [0.05, 0.1) is 4.92 Å². The lowest BCUT2D eigenvalue weighted by Gasteiger charge is -2.05. The summed E-state index contributed by atoms with van der Waals surface area (Å²) in [7, 11) is 1.63. The number of hydrogen-bond donors (Lipinski definition) is 0. The molecule has 0 fully saturated rings. The minimum atomic E-state index is -0.449. The van der Waals surface area contributed by atoms with Crippen molar-refractivity contribution in [3.05, 3.63) is 44.5 Å². The Morgan fingerprint density at radius 3 is 2.70 bits per heavy atom. The van der Waals surface area contributed by atoms with Gasteiger partial charge in [-0.2, -0.15) is 5.10 Å². The van der Waals surface area contributed by atoms with Gasteiger partial charge in [0, 0.05) is 17.4 Å². The first kappa shape index (κ1) is 14.5. The minimum absolute atomic E-state index is 0.0542. The molecule has 0 aliphatic carbocycles. The fraction of sp³-hybridized carbons (Fsp3) is 0.308. The Hall–Kier alpha value is -1.89. The van der Waals surface area contributed by atoms with Gasteiger partial charge in [-0.15, -0.1) is 0 Å². The molecule has 1 heterocycles. The average molecular weight is 340 g/mol. The van der Waals surface area contributed by atoms with E-state index in [2.05, 4.69) is 21.0 Å². The number of aryl methyl sites for hydroxylation is 1. The number of ether oxygens (including phenoxy) is 1. The van der Waals surface area contributed by atoms with Gasteiger partial charge in [0.1, 0.15) is 11.4 Å². The average Bonchev–Trinajstić information content (AvgIpc) is 2.67. The van der Waals surface area contributed by atoms with Gasteiger partial charge in [-0.3, -0.25) is 10.1 Å². The van der Waals surface area contributed by atoms with Crippen LogP contribution in [0, 0.1) is 10.1 Å². The number of rotatable bonds is 4. The van der Waals surface area contributed by atoms with E-state index in [-0.39, 0.29) is 17.5 Å². The summed E-state index contributed by atoms with van der Waals surface area (Å²) in [5.74, 6) is 0.596. The smallest absolute Gasteiger partial charge is 0.354 e. The van der Waals surface area contributed by atoms with Crippen molar-refractivity contribution >= 4 is 21.6 Å². The number of nitro groups is 1. The summed E-state index contributed by atoms with van der Waals surface area (Å²) in [6.45, 7) is 3.72. The maximum absolute atomic E-state index is 11.3. The Kier molecular flexibility index (Phi) is 4.08. The van der Waals surface area contributed by atoms with Crippen LogP contribution in [0.5, 0.6) is 11.6 Å². The predicted molar refractivity (Wildman–Crippen MR) is 78.2 cm³/mol. The zero-order valence-electron chi connectivity index (χ0n) is 11.3. The minimum Gasteiger partial charge on any atom is -0.434 e. The van der Waals surface area contributed by atoms with Crippen LogP contribution in [-0.2, 0) is 7.05 Å². The van der Waals surface area contributed by atoms with E-state index in [1.54, 1.807) is 25.2 Å². The van der Waals surface area contributed by atoms with E-state index in [1.807, 2.05) is 19.9 Å². The van der Waals surface area contributed by atoms with E-state index in [9.17, 15) is 10.1 Å². The Balaban J connectivity index is 2.48. The number of nitrogens with zero attached hydrogens (tertiary/aromatic N) is 3. The summed E-state index contributed by atoms with van der Waals surface area (Å²) < 4.78 is 7.88. The molecule has 6 nitrogen and oxygen atoms in total. The topological polar surface area (TPSA) is 70.2 Å². The fourth-order valence-electron chi connectivity index (χ4n) is 1.83. The van der Waals surface area contributed by atoms with Crippen molar-refractivity contribution in [3.63, 3.8) is 0 Å². The van der Waals surface area contributed by atoms with Crippen molar-refractivity contribution in [2.75, 3.05) is 0 Å². The summed E-state index contributed by atoms with van der Waals surface area (Å²) in [6, 6.07) is 7.12. The molecular weight excluding hydrogens is 326 g/mol. The lowest BCUT2D eigenvalue weighted by molar-refractivity contribution is -0.386. The highest BCUT2D eigenvalue weighted by atomic mass is 79.9. The molecule has 7 heteroatoms. The van der Waals surface area contributed by atoms with Crippen LogP contribution < -0.4 is 4.74 Å². The molecule has 0 N–H and O–H groups in total. The second kappa shape index (κ2) is 5.62. The van der Waals surface area contributed by atoms with Gasteiger partial charge in [-0.05, 0) is 18.2 Å². The summed E-state index contributed by atoms with van der Waals surface area (Å²) in [5, 5.41) is 15.5. The molecule has 1 aromatic carbocycles. The first-order valence-electron chi connectivity index (χ1n) is 6.05.